The number of rotatable bonds is 3. The summed E-state index contributed by atoms with van der Waals surface area (Å²) in [4.78, 5) is 18.9. The number of piperidine rings is 1. The number of aryl methyl sites for hydroxylation is 1. The molecule has 4 rings (SSSR count). The lowest BCUT2D eigenvalue weighted by molar-refractivity contribution is -0.151. The molecule has 0 unspecified atom stereocenters. The van der Waals surface area contributed by atoms with Crippen molar-refractivity contribution in [3.63, 3.8) is 0 Å². The third-order valence-corrected chi connectivity index (χ3v) is 6.33. The van der Waals surface area contributed by atoms with Crippen LogP contribution in [0.15, 0.2) is 18.3 Å². The fourth-order valence-electron chi connectivity index (χ4n) is 4.72. The minimum absolute atomic E-state index is 0.0641. The number of aromatic nitrogens is 2. The Balaban J connectivity index is 1.38. The number of fused-ring (bicyclic) bond motifs is 1. The molecule has 1 saturated heterocycles. The average molecular weight is 409 g/mol. The van der Waals surface area contributed by atoms with Crippen LogP contribution >= 0.6 is 0 Å². The van der Waals surface area contributed by atoms with Crippen molar-refractivity contribution in [3.8, 4) is 0 Å². The number of amides is 1. The SMILES string of the molecule is Cn1cc(C(F)(F)F)c2ccc(CC3CCN(C(=O)[C@H]4C[C@@](C)(O)C4)CC3)nc21. The normalized spacial score (nSPS) is 26.0. The van der Waals surface area contributed by atoms with Crippen molar-refractivity contribution in [2.24, 2.45) is 18.9 Å². The van der Waals surface area contributed by atoms with Crippen LogP contribution in [0.2, 0.25) is 0 Å². The van der Waals surface area contributed by atoms with Crippen molar-refractivity contribution < 1.29 is 23.1 Å². The van der Waals surface area contributed by atoms with Crippen LogP contribution < -0.4 is 0 Å². The summed E-state index contributed by atoms with van der Waals surface area (Å²) in [6, 6.07) is 3.20. The van der Waals surface area contributed by atoms with Gasteiger partial charge >= 0.3 is 6.18 Å². The van der Waals surface area contributed by atoms with Gasteiger partial charge in [0.2, 0.25) is 5.91 Å². The Morgan fingerprint density at radius 3 is 2.52 bits per heavy atom. The van der Waals surface area contributed by atoms with Crippen LogP contribution in [0, 0.1) is 11.8 Å². The number of hydrogen-bond acceptors (Lipinski definition) is 3. The summed E-state index contributed by atoms with van der Waals surface area (Å²) in [5.74, 6) is 0.430. The molecule has 1 N–H and O–H groups in total. The van der Waals surface area contributed by atoms with E-state index in [9.17, 15) is 23.1 Å². The highest BCUT2D eigenvalue weighted by atomic mass is 19.4. The second-order valence-corrected chi connectivity index (χ2v) is 8.90. The predicted octanol–water partition coefficient (Wildman–Crippen LogP) is 3.53. The second kappa shape index (κ2) is 7.00. The number of carbonyl (C=O) groups is 1. The van der Waals surface area contributed by atoms with Gasteiger partial charge in [-0.3, -0.25) is 4.79 Å². The summed E-state index contributed by atoms with van der Waals surface area (Å²) < 4.78 is 40.9. The van der Waals surface area contributed by atoms with Gasteiger partial charge in [0.25, 0.3) is 0 Å². The van der Waals surface area contributed by atoms with Gasteiger partial charge in [-0.15, -0.1) is 0 Å². The van der Waals surface area contributed by atoms with Gasteiger partial charge in [0.05, 0.1) is 11.2 Å². The Kier molecular flexibility index (Phi) is 4.88. The predicted molar refractivity (Wildman–Crippen MR) is 102 cm³/mol. The molecule has 5 nitrogen and oxygen atoms in total. The summed E-state index contributed by atoms with van der Waals surface area (Å²) in [5.41, 5.74) is -0.228. The first kappa shape index (κ1) is 20.2. The van der Waals surface area contributed by atoms with E-state index in [1.165, 1.54) is 10.6 Å². The molecule has 0 radical (unpaired) electrons. The number of carbonyl (C=O) groups excluding carboxylic acids is 1. The number of alkyl halides is 3. The Labute approximate surface area is 167 Å². The van der Waals surface area contributed by atoms with E-state index in [4.69, 9.17) is 0 Å². The third kappa shape index (κ3) is 3.99. The van der Waals surface area contributed by atoms with Crippen molar-refractivity contribution in [1.82, 2.24) is 14.5 Å². The Hall–Kier alpha value is -2.09. The highest BCUT2D eigenvalue weighted by molar-refractivity contribution is 5.81. The summed E-state index contributed by atoms with van der Waals surface area (Å²) in [7, 11) is 1.58. The van der Waals surface area contributed by atoms with Crippen LogP contribution in [0.1, 0.15) is 43.9 Å². The highest BCUT2D eigenvalue weighted by Crippen LogP contribution is 2.39. The van der Waals surface area contributed by atoms with E-state index in [1.807, 2.05) is 4.90 Å². The maximum atomic E-state index is 13.1. The van der Waals surface area contributed by atoms with E-state index in [-0.39, 0.29) is 17.2 Å². The van der Waals surface area contributed by atoms with Crippen LogP contribution in [0.3, 0.4) is 0 Å². The van der Waals surface area contributed by atoms with Gasteiger partial charge in [0, 0.05) is 43.3 Å². The molecule has 0 spiro atoms. The zero-order valence-electron chi connectivity index (χ0n) is 16.7. The van der Waals surface area contributed by atoms with Crippen molar-refractivity contribution >= 4 is 16.9 Å². The third-order valence-electron chi connectivity index (χ3n) is 6.33. The number of aliphatic hydroxyl groups is 1. The molecule has 1 aliphatic carbocycles. The molecule has 2 fully saturated rings. The lowest BCUT2D eigenvalue weighted by Crippen LogP contribution is -2.51. The topological polar surface area (TPSA) is 58.4 Å². The standard InChI is InChI=1S/C21H26F3N3O2/c1-20(29)10-14(11-20)19(28)27-7-5-13(6-8-27)9-15-3-4-16-17(21(22,23)24)12-26(2)18(16)25-15/h3-4,12-14,29H,5-11H2,1-2H3/t14-,20+. The number of pyridine rings is 1. The Morgan fingerprint density at radius 2 is 1.93 bits per heavy atom. The number of halogens is 3. The van der Waals surface area contributed by atoms with E-state index in [1.54, 1.807) is 20.0 Å². The van der Waals surface area contributed by atoms with Crippen LogP contribution in [-0.2, 0) is 24.4 Å². The fraction of sp³-hybridized carbons (Fsp3) is 0.619. The van der Waals surface area contributed by atoms with Crippen LogP contribution in [0.25, 0.3) is 11.0 Å². The van der Waals surface area contributed by atoms with Gasteiger partial charge in [-0.2, -0.15) is 13.2 Å². The van der Waals surface area contributed by atoms with Crippen LogP contribution in [0.4, 0.5) is 13.2 Å². The molecule has 2 aromatic rings. The molecule has 1 aliphatic heterocycles. The van der Waals surface area contributed by atoms with Crippen LogP contribution in [0.5, 0.6) is 0 Å². The molecule has 1 amide bonds. The van der Waals surface area contributed by atoms with Crippen molar-refractivity contribution in [2.45, 2.75) is 50.8 Å². The van der Waals surface area contributed by atoms with Gasteiger partial charge in [-0.1, -0.05) is 0 Å². The molecule has 2 aliphatic rings. The van der Waals surface area contributed by atoms with Gasteiger partial charge in [0.15, 0.2) is 0 Å². The van der Waals surface area contributed by atoms with Crippen molar-refractivity contribution in [2.75, 3.05) is 13.1 Å². The maximum absolute atomic E-state index is 13.1. The zero-order valence-corrected chi connectivity index (χ0v) is 16.7. The first-order valence-corrected chi connectivity index (χ1v) is 10.1. The summed E-state index contributed by atoms with van der Waals surface area (Å²) in [6.45, 7) is 3.14. The zero-order chi connectivity index (χ0) is 21.0. The quantitative estimate of drug-likeness (QED) is 0.844. The molecule has 8 heteroatoms. The molecular weight excluding hydrogens is 383 g/mol. The van der Waals surface area contributed by atoms with Crippen molar-refractivity contribution in [1.29, 1.82) is 0 Å². The summed E-state index contributed by atoms with van der Waals surface area (Å²) in [6.07, 6.45) is 0.172. The summed E-state index contributed by atoms with van der Waals surface area (Å²) in [5, 5.41) is 9.96. The molecule has 158 valence electrons. The largest absolute Gasteiger partial charge is 0.418 e. The molecule has 2 aromatic heterocycles. The fourth-order valence-corrected chi connectivity index (χ4v) is 4.72. The maximum Gasteiger partial charge on any atom is 0.418 e. The van der Waals surface area contributed by atoms with Gasteiger partial charge in [-0.05, 0) is 57.1 Å². The van der Waals surface area contributed by atoms with Gasteiger partial charge in [0.1, 0.15) is 5.65 Å². The second-order valence-electron chi connectivity index (χ2n) is 8.90. The summed E-state index contributed by atoms with van der Waals surface area (Å²) >= 11 is 0. The first-order valence-electron chi connectivity index (χ1n) is 10.1. The minimum atomic E-state index is -4.39. The van der Waals surface area contributed by atoms with Gasteiger partial charge < -0.3 is 14.6 Å². The van der Waals surface area contributed by atoms with E-state index in [0.29, 0.717) is 43.9 Å². The number of hydrogen-bond donors (Lipinski definition) is 1. The molecule has 1 saturated carbocycles. The Bertz CT molecular complexity index is 919. The monoisotopic (exact) mass is 409 g/mol. The molecule has 29 heavy (non-hydrogen) atoms. The van der Waals surface area contributed by atoms with E-state index < -0.39 is 17.3 Å². The molecule has 0 bridgehead atoms. The molecule has 3 heterocycles. The molecule has 0 atom stereocenters. The average Bonchev–Trinajstić information content (AvgIpc) is 2.96. The number of nitrogens with zero attached hydrogens (tertiary/aromatic N) is 3. The molecule has 0 aromatic carbocycles. The smallest absolute Gasteiger partial charge is 0.390 e. The first-order chi connectivity index (χ1) is 13.5. The number of likely N-dealkylation sites (tertiary alicyclic amines) is 1. The van der Waals surface area contributed by atoms with Crippen molar-refractivity contribution in [3.05, 3.63) is 29.6 Å². The van der Waals surface area contributed by atoms with E-state index >= 15 is 0 Å². The highest BCUT2D eigenvalue weighted by Gasteiger charge is 2.44. The van der Waals surface area contributed by atoms with E-state index in [2.05, 4.69) is 4.98 Å². The van der Waals surface area contributed by atoms with Gasteiger partial charge in [-0.25, -0.2) is 4.98 Å². The minimum Gasteiger partial charge on any atom is -0.390 e. The van der Waals surface area contributed by atoms with Crippen LogP contribution in [-0.4, -0.2) is 44.2 Å². The lowest BCUT2D eigenvalue weighted by Gasteiger charge is -2.43. The van der Waals surface area contributed by atoms with E-state index in [0.717, 1.165) is 24.7 Å². The molecular formula is C21H26F3N3O2. The Morgan fingerprint density at radius 1 is 1.28 bits per heavy atom. The lowest BCUT2D eigenvalue weighted by atomic mass is 9.71.